The number of ketones is 1. The van der Waals surface area contributed by atoms with Crippen LogP contribution in [0, 0.1) is 6.92 Å². The lowest BCUT2D eigenvalue weighted by molar-refractivity contribution is -0.0448. The van der Waals surface area contributed by atoms with E-state index in [1.165, 1.54) is 6.20 Å². The van der Waals surface area contributed by atoms with Gasteiger partial charge in [0.05, 0.1) is 35.6 Å². The minimum absolute atomic E-state index is 0.0280. The number of para-hydroxylation sites is 1. The van der Waals surface area contributed by atoms with Crippen LogP contribution in [0.5, 0.6) is 0 Å². The zero-order chi connectivity index (χ0) is 21.6. The average Bonchev–Trinajstić information content (AvgIpc) is 3.35. The number of rotatable bonds is 4. The first-order valence-corrected chi connectivity index (χ1v) is 10.6. The molecule has 2 aliphatic rings. The van der Waals surface area contributed by atoms with Gasteiger partial charge in [-0.3, -0.25) is 4.79 Å². The maximum Gasteiger partial charge on any atom is 0.248 e. The molecule has 160 valence electrons. The van der Waals surface area contributed by atoms with E-state index in [-0.39, 0.29) is 31.1 Å². The van der Waals surface area contributed by atoms with Gasteiger partial charge >= 0.3 is 0 Å². The molecule has 3 heterocycles. The first-order chi connectivity index (χ1) is 14.9. The summed E-state index contributed by atoms with van der Waals surface area (Å²) in [6.45, 7) is 1.94. The summed E-state index contributed by atoms with van der Waals surface area (Å²) < 4.78 is 30.7. The summed E-state index contributed by atoms with van der Waals surface area (Å²) in [5.74, 6) is -2.13. The van der Waals surface area contributed by atoms with Gasteiger partial charge in [-0.15, -0.1) is 0 Å². The topological polar surface area (TPSA) is 65.1 Å². The van der Waals surface area contributed by atoms with Crippen LogP contribution in [0.15, 0.2) is 47.7 Å². The fourth-order valence-corrected chi connectivity index (χ4v) is 4.43. The summed E-state index contributed by atoms with van der Waals surface area (Å²) in [4.78, 5) is 17.6. The molecule has 0 spiro atoms. The summed E-state index contributed by atoms with van der Waals surface area (Å²) >= 11 is 0. The maximum absolute atomic E-state index is 13.6. The van der Waals surface area contributed by atoms with Crippen LogP contribution in [0.3, 0.4) is 0 Å². The van der Waals surface area contributed by atoms with Gasteiger partial charge in [0.2, 0.25) is 5.92 Å². The number of carbonyl (C=O) groups is 1. The molecule has 1 aliphatic carbocycles. The summed E-state index contributed by atoms with van der Waals surface area (Å²) in [5, 5.41) is 8.86. The van der Waals surface area contributed by atoms with Crippen LogP contribution < -0.4 is 0 Å². The molecule has 6 nitrogen and oxygen atoms in total. The zero-order valence-corrected chi connectivity index (χ0v) is 17.3. The van der Waals surface area contributed by atoms with Crippen LogP contribution in [0.25, 0.3) is 5.69 Å². The van der Waals surface area contributed by atoms with Crippen molar-refractivity contribution in [3.05, 3.63) is 59.5 Å². The van der Waals surface area contributed by atoms with Gasteiger partial charge in [-0.05, 0) is 37.5 Å². The maximum atomic E-state index is 13.6. The van der Waals surface area contributed by atoms with Gasteiger partial charge in [0.15, 0.2) is 11.6 Å². The number of Topliss-reactive ketones (excluding diaryl/α,β-unsaturated/α-hetero) is 1. The largest absolute Gasteiger partial charge is 0.294 e. The fraction of sp³-hybridized carbons (Fsp3) is 0.391. The van der Waals surface area contributed by atoms with Gasteiger partial charge in [0.1, 0.15) is 0 Å². The van der Waals surface area contributed by atoms with Crippen molar-refractivity contribution >= 4 is 17.3 Å². The number of nitrogens with zero attached hydrogens (tertiary/aromatic N) is 5. The lowest BCUT2D eigenvalue weighted by Gasteiger charge is -2.29. The summed E-state index contributed by atoms with van der Waals surface area (Å²) in [6.07, 6.45) is 4.53. The van der Waals surface area contributed by atoms with Crippen molar-refractivity contribution in [2.24, 2.45) is 4.99 Å². The molecule has 0 amide bonds. The number of fused-ring (bicyclic) bond motifs is 1. The zero-order valence-electron chi connectivity index (χ0n) is 17.3. The summed E-state index contributed by atoms with van der Waals surface area (Å²) in [5.41, 5.74) is 4.11. The third-order valence-electron chi connectivity index (χ3n) is 6.09. The van der Waals surface area contributed by atoms with Gasteiger partial charge in [-0.25, -0.2) is 23.1 Å². The summed E-state index contributed by atoms with van der Waals surface area (Å²) in [6, 6.07) is 9.70. The Morgan fingerprint density at radius 1 is 1.16 bits per heavy atom. The number of carbonyl (C=O) groups excluding carboxylic acids is 1. The number of aliphatic imine (C=N–C) groups is 1. The van der Waals surface area contributed by atoms with Crippen LogP contribution in [0.2, 0.25) is 0 Å². The molecule has 1 fully saturated rings. The van der Waals surface area contributed by atoms with Crippen molar-refractivity contribution in [2.45, 2.75) is 57.4 Å². The van der Waals surface area contributed by atoms with E-state index in [4.69, 9.17) is 4.99 Å². The normalized spacial score (nSPS) is 18.7. The highest BCUT2D eigenvalue weighted by Gasteiger charge is 2.37. The summed E-state index contributed by atoms with van der Waals surface area (Å²) in [7, 11) is 0. The van der Waals surface area contributed by atoms with Crippen LogP contribution >= 0.6 is 0 Å². The van der Waals surface area contributed by atoms with Gasteiger partial charge in [-0.1, -0.05) is 18.2 Å². The van der Waals surface area contributed by atoms with E-state index in [9.17, 15) is 13.6 Å². The van der Waals surface area contributed by atoms with E-state index in [2.05, 4.69) is 10.2 Å². The molecule has 2 aromatic heterocycles. The molecule has 0 saturated heterocycles. The van der Waals surface area contributed by atoms with Crippen molar-refractivity contribution in [1.82, 2.24) is 19.6 Å². The standard InChI is InChI=1S/C23H23F2N5O/c1-15-8-11-29(28-15)20-5-3-2-4-16(20)12-17-13-21(31)19-14-26-30(22(19)27-17)18-6-9-23(24,25)10-7-18/h2-5,8,11,14,18H,6-7,9-10,12-13H2,1H3. The molecule has 0 N–H and O–H groups in total. The second-order valence-corrected chi connectivity index (χ2v) is 8.40. The average molecular weight is 423 g/mol. The Bertz CT molecular complexity index is 1170. The van der Waals surface area contributed by atoms with E-state index in [0.29, 0.717) is 30.6 Å². The lowest BCUT2D eigenvalue weighted by atomic mass is 9.92. The van der Waals surface area contributed by atoms with Crippen molar-refractivity contribution in [1.29, 1.82) is 0 Å². The number of alkyl halides is 2. The molecule has 0 unspecified atom stereocenters. The molecule has 0 radical (unpaired) electrons. The first kappa shape index (κ1) is 19.8. The van der Waals surface area contributed by atoms with Crippen molar-refractivity contribution in [3.63, 3.8) is 0 Å². The molecule has 3 aromatic rings. The third-order valence-corrected chi connectivity index (χ3v) is 6.09. The quantitative estimate of drug-likeness (QED) is 0.591. The van der Waals surface area contributed by atoms with Crippen LogP contribution in [0.1, 0.15) is 59.8 Å². The highest BCUT2D eigenvalue weighted by molar-refractivity contribution is 6.15. The molecule has 8 heteroatoms. The molecular formula is C23H23F2N5O. The Hall–Kier alpha value is -3.16. The Kier molecular flexibility index (Phi) is 4.79. The van der Waals surface area contributed by atoms with Crippen molar-refractivity contribution in [3.8, 4) is 5.69 Å². The molecule has 5 rings (SSSR count). The van der Waals surface area contributed by atoms with Crippen molar-refractivity contribution < 1.29 is 13.6 Å². The monoisotopic (exact) mass is 423 g/mol. The van der Waals surface area contributed by atoms with Gasteiger partial charge in [0.25, 0.3) is 0 Å². The smallest absolute Gasteiger partial charge is 0.248 e. The van der Waals surface area contributed by atoms with Crippen molar-refractivity contribution in [2.75, 3.05) is 0 Å². The highest BCUT2D eigenvalue weighted by Crippen LogP contribution is 2.41. The SMILES string of the molecule is Cc1ccn(-c2ccccc2CC2=Nc3c(cnn3C3CCC(F)(F)CC3)C(=O)C2)n1. The predicted molar refractivity (Wildman–Crippen MR) is 113 cm³/mol. The Balaban J connectivity index is 1.45. The van der Waals surface area contributed by atoms with Crippen LogP contribution in [-0.2, 0) is 6.42 Å². The van der Waals surface area contributed by atoms with Gasteiger partial charge in [-0.2, -0.15) is 10.2 Å². The van der Waals surface area contributed by atoms with E-state index >= 15 is 0 Å². The first-order valence-electron chi connectivity index (χ1n) is 10.6. The predicted octanol–water partition coefficient (Wildman–Crippen LogP) is 5.03. The van der Waals surface area contributed by atoms with Gasteiger partial charge in [0, 0.05) is 31.2 Å². The molecule has 1 aliphatic heterocycles. The molecule has 1 saturated carbocycles. The number of benzene rings is 1. The number of hydrogen-bond acceptors (Lipinski definition) is 4. The Morgan fingerprint density at radius 3 is 2.68 bits per heavy atom. The molecule has 1 aromatic carbocycles. The minimum atomic E-state index is -2.61. The second-order valence-electron chi connectivity index (χ2n) is 8.40. The molecule has 0 atom stereocenters. The molecule has 0 bridgehead atoms. The molecular weight excluding hydrogens is 400 g/mol. The highest BCUT2D eigenvalue weighted by atomic mass is 19.3. The van der Waals surface area contributed by atoms with E-state index in [1.54, 1.807) is 4.68 Å². The Morgan fingerprint density at radius 2 is 1.94 bits per heavy atom. The van der Waals surface area contributed by atoms with Crippen LogP contribution in [0.4, 0.5) is 14.6 Å². The van der Waals surface area contributed by atoms with E-state index in [1.807, 2.05) is 48.1 Å². The second kappa shape index (κ2) is 7.51. The lowest BCUT2D eigenvalue weighted by Crippen LogP contribution is -2.27. The van der Waals surface area contributed by atoms with Crippen LogP contribution in [-0.4, -0.2) is 37.0 Å². The Labute approximate surface area is 178 Å². The molecule has 31 heavy (non-hydrogen) atoms. The van der Waals surface area contributed by atoms with E-state index in [0.717, 1.165) is 22.7 Å². The number of aryl methyl sites for hydroxylation is 1. The number of hydrogen-bond donors (Lipinski definition) is 0. The third kappa shape index (κ3) is 3.82. The number of aromatic nitrogens is 4. The minimum Gasteiger partial charge on any atom is -0.294 e. The number of halogens is 2. The van der Waals surface area contributed by atoms with E-state index < -0.39 is 5.92 Å². The fourth-order valence-electron chi connectivity index (χ4n) is 4.43. The van der Waals surface area contributed by atoms with Gasteiger partial charge < -0.3 is 0 Å².